The fraction of sp³-hybridized carbons (Fsp3) is 0.333. The molecule has 0 saturated carbocycles. The Balaban J connectivity index is 2.05. The monoisotopic (exact) mass is 349 g/mol. The number of aryl methyl sites for hydroxylation is 1. The first-order chi connectivity index (χ1) is 10.2. The van der Waals surface area contributed by atoms with Gasteiger partial charge in [-0.1, -0.05) is 13.0 Å². The second kappa shape index (κ2) is 5.89. The normalized spacial score (nSPS) is 13.2. The SMILES string of the molecule is CCCn1ncc(Br)c1C(=O)c1cccc2c1OCCN2. The summed E-state index contributed by atoms with van der Waals surface area (Å²) in [6.45, 7) is 4.08. The van der Waals surface area contributed by atoms with Gasteiger partial charge < -0.3 is 10.1 Å². The van der Waals surface area contributed by atoms with Crippen LogP contribution in [-0.2, 0) is 6.54 Å². The van der Waals surface area contributed by atoms with Crippen LogP contribution in [0.1, 0.15) is 29.4 Å². The number of rotatable bonds is 4. The molecule has 2 aromatic rings. The average molecular weight is 350 g/mol. The summed E-state index contributed by atoms with van der Waals surface area (Å²) in [4.78, 5) is 12.9. The molecule has 0 aliphatic carbocycles. The second-order valence-corrected chi connectivity index (χ2v) is 5.71. The number of carbonyl (C=O) groups excluding carboxylic acids is 1. The van der Waals surface area contributed by atoms with Gasteiger partial charge in [0.1, 0.15) is 12.3 Å². The molecule has 1 aliphatic rings. The van der Waals surface area contributed by atoms with E-state index in [1.807, 2.05) is 12.1 Å². The van der Waals surface area contributed by atoms with E-state index < -0.39 is 0 Å². The quantitative estimate of drug-likeness (QED) is 0.861. The lowest BCUT2D eigenvalue weighted by atomic mass is 10.0. The fourth-order valence-electron chi connectivity index (χ4n) is 2.45. The molecule has 1 N–H and O–H groups in total. The van der Waals surface area contributed by atoms with Crippen molar-refractivity contribution < 1.29 is 9.53 Å². The lowest BCUT2D eigenvalue weighted by molar-refractivity contribution is 0.102. The van der Waals surface area contributed by atoms with Gasteiger partial charge in [-0.15, -0.1) is 0 Å². The number of hydrogen-bond donors (Lipinski definition) is 1. The van der Waals surface area contributed by atoms with Crippen molar-refractivity contribution in [1.29, 1.82) is 0 Å². The maximum Gasteiger partial charge on any atom is 0.215 e. The number of para-hydroxylation sites is 1. The van der Waals surface area contributed by atoms with Crippen LogP contribution in [0.2, 0.25) is 0 Å². The zero-order chi connectivity index (χ0) is 14.8. The highest BCUT2D eigenvalue weighted by molar-refractivity contribution is 9.10. The van der Waals surface area contributed by atoms with Gasteiger partial charge >= 0.3 is 0 Å². The van der Waals surface area contributed by atoms with E-state index in [2.05, 4.69) is 33.3 Å². The van der Waals surface area contributed by atoms with Crippen LogP contribution in [0, 0.1) is 0 Å². The van der Waals surface area contributed by atoms with Gasteiger partial charge in [-0.2, -0.15) is 5.10 Å². The molecule has 1 aromatic carbocycles. The molecule has 6 heteroatoms. The van der Waals surface area contributed by atoms with Crippen molar-refractivity contribution in [2.45, 2.75) is 19.9 Å². The van der Waals surface area contributed by atoms with E-state index in [0.29, 0.717) is 34.6 Å². The van der Waals surface area contributed by atoms with Crippen molar-refractivity contribution in [2.24, 2.45) is 0 Å². The molecule has 0 unspecified atom stereocenters. The number of aromatic nitrogens is 2. The summed E-state index contributed by atoms with van der Waals surface area (Å²) in [6.07, 6.45) is 2.58. The lowest BCUT2D eigenvalue weighted by Gasteiger charge is -2.21. The third-order valence-electron chi connectivity index (χ3n) is 3.37. The Kier molecular flexibility index (Phi) is 3.96. The molecule has 0 radical (unpaired) electrons. The van der Waals surface area contributed by atoms with E-state index in [0.717, 1.165) is 18.7 Å². The highest BCUT2D eigenvalue weighted by atomic mass is 79.9. The van der Waals surface area contributed by atoms with Gasteiger partial charge in [0, 0.05) is 13.1 Å². The van der Waals surface area contributed by atoms with E-state index in [1.54, 1.807) is 16.9 Å². The van der Waals surface area contributed by atoms with Crippen molar-refractivity contribution in [3.8, 4) is 5.75 Å². The summed E-state index contributed by atoms with van der Waals surface area (Å²) >= 11 is 3.42. The Morgan fingerprint density at radius 3 is 3.19 bits per heavy atom. The number of carbonyl (C=O) groups is 1. The number of hydrogen-bond acceptors (Lipinski definition) is 4. The molecule has 1 aliphatic heterocycles. The molecule has 0 saturated heterocycles. The number of fused-ring (bicyclic) bond motifs is 1. The number of ether oxygens (including phenoxy) is 1. The van der Waals surface area contributed by atoms with Crippen LogP contribution in [0.5, 0.6) is 5.75 Å². The maximum atomic E-state index is 12.9. The number of nitrogens with one attached hydrogen (secondary N) is 1. The van der Waals surface area contributed by atoms with Gasteiger partial charge in [0.2, 0.25) is 5.78 Å². The smallest absolute Gasteiger partial charge is 0.215 e. The Morgan fingerprint density at radius 2 is 2.38 bits per heavy atom. The molecule has 21 heavy (non-hydrogen) atoms. The molecule has 2 heterocycles. The zero-order valence-corrected chi connectivity index (χ0v) is 13.3. The van der Waals surface area contributed by atoms with Crippen molar-refractivity contribution in [2.75, 3.05) is 18.5 Å². The molecule has 0 fully saturated rings. The highest BCUT2D eigenvalue weighted by Crippen LogP contribution is 2.33. The number of ketones is 1. The minimum absolute atomic E-state index is 0.0756. The first-order valence-electron chi connectivity index (χ1n) is 6.98. The second-order valence-electron chi connectivity index (χ2n) is 4.85. The maximum absolute atomic E-state index is 12.9. The van der Waals surface area contributed by atoms with E-state index in [9.17, 15) is 4.79 Å². The van der Waals surface area contributed by atoms with Crippen LogP contribution in [-0.4, -0.2) is 28.7 Å². The minimum atomic E-state index is -0.0756. The van der Waals surface area contributed by atoms with E-state index in [1.165, 1.54) is 0 Å². The predicted octanol–water partition coefficient (Wildman–Crippen LogP) is 3.09. The topological polar surface area (TPSA) is 56.2 Å². The van der Waals surface area contributed by atoms with E-state index in [4.69, 9.17) is 4.74 Å². The summed E-state index contributed by atoms with van der Waals surface area (Å²) in [5.74, 6) is 0.554. The summed E-state index contributed by atoms with van der Waals surface area (Å²) in [7, 11) is 0. The molecule has 0 spiro atoms. The Bertz CT molecular complexity index is 682. The number of benzene rings is 1. The first-order valence-corrected chi connectivity index (χ1v) is 7.77. The Hall–Kier alpha value is -1.82. The van der Waals surface area contributed by atoms with Crippen molar-refractivity contribution >= 4 is 27.4 Å². The molecule has 5 nitrogen and oxygen atoms in total. The first kappa shape index (κ1) is 14.1. The van der Waals surface area contributed by atoms with Gasteiger partial charge in [0.15, 0.2) is 5.75 Å². The standard InChI is InChI=1S/C15H16BrN3O2/c1-2-7-19-13(11(16)9-18-19)14(20)10-4-3-5-12-15(10)21-8-6-17-12/h3-5,9,17H,2,6-8H2,1H3. The van der Waals surface area contributed by atoms with Gasteiger partial charge in [-0.05, 0) is 34.5 Å². The molecule has 0 amide bonds. The highest BCUT2D eigenvalue weighted by Gasteiger charge is 2.24. The summed E-state index contributed by atoms with van der Waals surface area (Å²) < 4.78 is 8.13. The Labute approximate surface area is 131 Å². The predicted molar refractivity (Wildman–Crippen MR) is 84.1 cm³/mol. The number of nitrogens with zero attached hydrogens (tertiary/aromatic N) is 2. The van der Waals surface area contributed by atoms with Crippen LogP contribution < -0.4 is 10.1 Å². The lowest BCUT2D eigenvalue weighted by Crippen LogP contribution is -2.21. The van der Waals surface area contributed by atoms with Crippen LogP contribution in [0.25, 0.3) is 0 Å². The molecular formula is C15H16BrN3O2. The number of halogens is 1. The molecular weight excluding hydrogens is 334 g/mol. The van der Waals surface area contributed by atoms with Gasteiger partial charge in [-0.3, -0.25) is 9.48 Å². The van der Waals surface area contributed by atoms with Gasteiger partial charge in [0.05, 0.1) is 21.9 Å². The van der Waals surface area contributed by atoms with E-state index in [-0.39, 0.29) is 5.78 Å². The number of anilines is 1. The molecule has 0 atom stereocenters. The van der Waals surface area contributed by atoms with Crippen LogP contribution in [0.15, 0.2) is 28.9 Å². The fourth-order valence-corrected chi connectivity index (χ4v) is 2.92. The summed E-state index contributed by atoms with van der Waals surface area (Å²) in [6, 6.07) is 5.58. The van der Waals surface area contributed by atoms with Crippen molar-refractivity contribution in [3.05, 3.63) is 40.1 Å². The third kappa shape index (κ3) is 2.55. The van der Waals surface area contributed by atoms with Gasteiger partial charge in [-0.25, -0.2) is 0 Å². The minimum Gasteiger partial charge on any atom is -0.489 e. The molecule has 0 bridgehead atoms. The van der Waals surface area contributed by atoms with Crippen LogP contribution >= 0.6 is 15.9 Å². The molecule has 1 aromatic heterocycles. The van der Waals surface area contributed by atoms with Gasteiger partial charge in [0.25, 0.3) is 0 Å². The Morgan fingerprint density at radius 1 is 1.52 bits per heavy atom. The largest absolute Gasteiger partial charge is 0.489 e. The molecule has 110 valence electrons. The third-order valence-corrected chi connectivity index (χ3v) is 3.95. The van der Waals surface area contributed by atoms with Crippen molar-refractivity contribution in [1.82, 2.24) is 9.78 Å². The average Bonchev–Trinajstić information content (AvgIpc) is 2.87. The van der Waals surface area contributed by atoms with Crippen LogP contribution in [0.4, 0.5) is 5.69 Å². The summed E-state index contributed by atoms with van der Waals surface area (Å²) in [5, 5.41) is 7.50. The summed E-state index contributed by atoms with van der Waals surface area (Å²) in [5.41, 5.74) is 2.00. The van der Waals surface area contributed by atoms with Crippen LogP contribution in [0.3, 0.4) is 0 Å². The molecule has 3 rings (SSSR count). The zero-order valence-electron chi connectivity index (χ0n) is 11.7. The van der Waals surface area contributed by atoms with E-state index >= 15 is 0 Å². The van der Waals surface area contributed by atoms with Crippen molar-refractivity contribution in [3.63, 3.8) is 0 Å².